The number of nitrogens with one attached hydrogen (secondary N) is 2. The van der Waals surface area contributed by atoms with Crippen LogP contribution >= 0.6 is 23.8 Å². The third kappa shape index (κ3) is 6.34. The number of hydrogen-bond acceptors (Lipinski definition) is 5. The zero-order chi connectivity index (χ0) is 25.1. The van der Waals surface area contributed by atoms with Gasteiger partial charge in [-0.05, 0) is 42.0 Å². The Balaban J connectivity index is 1.24. The molecule has 4 rings (SSSR count). The molecule has 0 atom stereocenters. The van der Waals surface area contributed by atoms with Crippen molar-refractivity contribution in [2.45, 2.75) is 37.6 Å². The highest BCUT2D eigenvalue weighted by Crippen LogP contribution is 2.37. The summed E-state index contributed by atoms with van der Waals surface area (Å²) in [6, 6.07) is 12.2. The second kappa shape index (κ2) is 10.3. The van der Waals surface area contributed by atoms with Crippen LogP contribution in [0.3, 0.4) is 0 Å². The van der Waals surface area contributed by atoms with Gasteiger partial charge in [0, 0.05) is 37.5 Å². The van der Waals surface area contributed by atoms with Crippen LogP contribution in [0.2, 0.25) is 5.02 Å². The van der Waals surface area contributed by atoms with E-state index in [1.807, 2.05) is 0 Å². The Morgan fingerprint density at radius 2 is 1.86 bits per heavy atom. The van der Waals surface area contributed by atoms with E-state index < -0.39 is 23.4 Å². The minimum atomic E-state index is -4.49. The van der Waals surface area contributed by atoms with Crippen LogP contribution in [0.15, 0.2) is 53.7 Å². The molecule has 2 aromatic carbocycles. The lowest BCUT2D eigenvalue weighted by Crippen LogP contribution is -2.48. The van der Waals surface area contributed by atoms with Crippen molar-refractivity contribution < 1.29 is 27.5 Å². The molecule has 186 valence electrons. The third-order valence-corrected chi connectivity index (χ3v) is 6.42. The zero-order valence-electron chi connectivity index (χ0n) is 18.4. The molecule has 0 aromatic heterocycles. The first-order chi connectivity index (χ1) is 16.6. The Hall–Kier alpha value is -3.05. The molecule has 2 aliphatic rings. The molecule has 1 amide bonds. The molecule has 0 saturated carbocycles. The predicted octanol–water partition coefficient (Wildman–Crippen LogP) is 5.55. The summed E-state index contributed by atoms with van der Waals surface area (Å²) >= 11 is 11.2. The number of piperidine rings is 1. The molecule has 2 aliphatic heterocycles. The van der Waals surface area contributed by atoms with Crippen molar-refractivity contribution in [2.24, 2.45) is 5.16 Å². The predicted molar refractivity (Wildman–Crippen MR) is 129 cm³/mol. The number of likely N-dealkylation sites (tertiary alicyclic amines) is 1. The number of nitrogens with zero attached hydrogens (tertiary/aromatic N) is 2. The summed E-state index contributed by atoms with van der Waals surface area (Å²) in [4.78, 5) is 19.5. The van der Waals surface area contributed by atoms with Crippen molar-refractivity contribution >= 4 is 46.6 Å². The van der Waals surface area contributed by atoms with E-state index >= 15 is 0 Å². The van der Waals surface area contributed by atoms with Crippen molar-refractivity contribution in [3.05, 3.63) is 64.7 Å². The molecule has 1 saturated heterocycles. The summed E-state index contributed by atoms with van der Waals surface area (Å²) in [7, 11) is 0. The van der Waals surface area contributed by atoms with E-state index in [1.165, 1.54) is 18.2 Å². The number of thiocarbonyl (C=S) groups is 1. The fourth-order valence-corrected chi connectivity index (χ4v) is 4.30. The maximum Gasteiger partial charge on any atom is 0.418 e. The zero-order valence-corrected chi connectivity index (χ0v) is 20.0. The number of oxime groups is 1. The lowest BCUT2D eigenvalue weighted by Gasteiger charge is -2.38. The molecular weight excluding hydrogens is 505 g/mol. The van der Waals surface area contributed by atoms with Gasteiger partial charge in [0.25, 0.3) is 0 Å². The summed E-state index contributed by atoms with van der Waals surface area (Å²) in [5, 5.41) is 10.1. The van der Waals surface area contributed by atoms with Crippen LogP contribution in [-0.4, -0.2) is 40.7 Å². The molecule has 0 aliphatic carbocycles. The second-order valence-corrected chi connectivity index (χ2v) is 9.09. The van der Waals surface area contributed by atoms with Gasteiger partial charge in [0.2, 0.25) is 5.90 Å². The van der Waals surface area contributed by atoms with Crippen molar-refractivity contribution in [1.29, 1.82) is 0 Å². The summed E-state index contributed by atoms with van der Waals surface area (Å²) < 4.78 is 45.0. The van der Waals surface area contributed by atoms with Gasteiger partial charge in [-0.15, -0.1) is 0 Å². The topological polar surface area (TPSA) is 75.2 Å². The normalized spacial score (nSPS) is 16.9. The second-order valence-electron chi connectivity index (χ2n) is 8.27. The lowest BCUT2D eigenvalue weighted by atomic mass is 9.88. The van der Waals surface area contributed by atoms with Crippen LogP contribution in [0, 0.1) is 0 Å². The van der Waals surface area contributed by atoms with Gasteiger partial charge < -0.3 is 25.1 Å². The Bertz CT molecular complexity index is 1120. The van der Waals surface area contributed by atoms with E-state index in [-0.39, 0.29) is 23.2 Å². The van der Waals surface area contributed by atoms with E-state index in [1.54, 1.807) is 29.2 Å². The van der Waals surface area contributed by atoms with Crippen LogP contribution in [0.25, 0.3) is 0 Å². The molecule has 0 unspecified atom stereocenters. The van der Waals surface area contributed by atoms with Crippen molar-refractivity contribution in [3.63, 3.8) is 0 Å². The monoisotopic (exact) mass is 526 g/mol. The molecule has 0 radical (unpaired) electrons. The van der Waals surface area contributed by atoms with Gasteiger partial charge in [-0.1, -0.05) is 41.0 Å². The first-order valence-corrected chi connectivity index (χ1v) is 11.6. The quantitative estimate of drug-likeness (QED) is 0.511. The summed E-state index contributed by atoms with van der Waals surface area (Å²) in [6.07, 6.45) is -3.80. The Kier molecular flexibility index (Phi) is 7.36. The summed E-state index contributed by atoms with van der Waals surface area (Å²) in [5.41, 5.74) is -0.644. The molecule has 35 heavy (non-hydrogen) atoms. The van der Waals surface area contributed by atoms with Gasteiger partial charge >= 0.3 is 12.3 Å². The van der Waals surface area contributed by atoms with Crippen LogP contribution in [0.1, 0.15) is 30.4 Å². The van der Waals surface area contributed by atoms with Crippen molar-refractivity contribution in [2.75, 3.05) is 18.4 Å². The number of ether oxygens (including phenoxy) is 1. The fourth-order valence-electron chi connectivity index (χ4n) is 3.88. The van der Waals surface area contributed by atoms with E-state index in [2.05, 4.69) is 15.8 Å². The molecular formula is C23H22ClF3N4O3S. The first kappa shape index (κ1) is 25.1. The maximum atomic E-state index is 13.2. The van der Waals surface area contributed by atoms with Gasteiger partial charge in [-0.2, -0.15) is 13.2 Å². The average molecular weight is 527 g/mol. The Morgan fingerprint density at radius 3 is 2.54 bits per heavy atom. The van der Waals surface area contributed by atoms with E-state index in [0.717, 1.165) is 11.6 Å². The number of rotatable bonds is 3. The number of amides is 1. The van der Waals surface area contributed by atoms with Crippen LogP contribution in [-0.2, 0) is 22.3 Å². The standard InChI is InChI=1S/C23H22ClF3N4O3S/c24-16-7-5-15(6-8-16)14-28-21(32)33-19-13-22(34-30-19)9-11-31(12-10-22)20(35)29-18-4-2-1-3-17(18)23(25,26)27/h1-8H,9-14H2,(H,28,32)(H,29,35). The smallest absolute Gasteiger partial charge is 0.392 e. The fraction of sp³-hybridized carbons (Fsp3) is 0.348. The molecule has 2 N–H and O–H groups in total. The van der Waals surface area contributed by atoms with Crippen molar-refractivity contribution in [3.8, 4) is 0 Å². The summed E-state index contributed by atoms with van der Waals surface area (Å²) in [6.45, 7) is 1.17. The largest absolute Gasteiger partial charge is 0.418 e. The van der Waals surface area contributed by atoms with Crippen LogP contribution in [0.4, 0.5) is 23.7 Å². The Labute approximate surface area is 210 Å². The van der Waals surface area contributed by atoms with Gasteiger partial charge in [0.05, 0.1) is 17.7 Å². The highest BCUT2D eigenvalue weighted by Gasteiger charge is 2.44. The first-order valence-electron chi connectivity index (χ1n) is 10.8. The number of halogens is 4. The van der Waals surface area contributed by atoms with E-state index in [4.69, 9.17) is 33.4 Å². The number of anilines is 1. The van der Waals surface area contributed by atoms with E-state index in [9.17, 15) is 18.0 Å². The van der Waals surface area contributed by atoms with Crippen LogP contribution < -0.4 is 10.6 Å². The lowest BCUT2D eigenvalue weighted by molar-refractivity contribution is -0.136. The highest BCUT2D eigenvalue weighted by molar-refractivity contribution is 7.80. The summed E-state index contributed by atoms with van der Waals surface area (Å²) in [5.74, 6) is 0.173. The van der Waals surface area contributed by atoms with Gasteiger partial charge in [0.15, 0.2) is 5.11 Å². The van der Waals surface area contributed by atoms with Gasteiger partial charge in [0.1, 0.15) is 5.60 Å². The minimum Gasteiger partial charge on any atom is -0.392 e. The van der Waals surface area contributed by atoms with E-state index in [0.29, 0.717) is 37.4 Å². The maximum absolute atomic E-state index is 13.2. The third-order valence-electron chi connectivity index (χ3n) is 5.81. The molecule has 2 heterocycles. The number of alkyl carbamates (subject to hydrolysis) is 1. The molecule has 2 aromatic rings. The molecule has 1 fully saturated rings. The average Bonchev–Trinajstić information content (AvgIpc) is 3.20. The van der Waals surface area contributed by atoms with Crippen LogP contribution in [0.5, 0.6) is 0 Å². The highest BCUT2D eigenvalue weighted by atomic mass is 35.5. The number of hydrogen-bond donors (Lipinski definition) is 2. The Morgan fingerprint density at radius 1 is 1.17 bits per heavy atom. The number of para-hydroxylation sites is 1. The minimum absolute atomic E-state index is 0.0916. The number of carbonyl (C=O) groups is 1. The van der Waals surface area contributed by atoms with Gasteiger partial charge in [-0.3, -0.25) is 0 Å². The number of carbonyl (C=O) groups excluding carboxylic acids is 1. The molecule has 7 nitrogen and oxygen atoms in total. The molecule has 1 spiro atoms. The molecule has 12 heteroatoms. The SMILES string of the molecule is O=C(NCc1ccc(Cl)cc1)OC1=NOC2(CCN(C(=S)Nc3ccccc3C(F)(F)F)CC2)C1. The van der Waals surface area contributed by atoms with Crippen molar-refractivity contribution in [1.82, 2.24) is 10.2 Å². The van der Waals surface area contributed by atoms with Gasteiger partial charge in [-0.25, -0.2) is 4.79 Å². The number of benzene rings is 2. The number of alkyl halides is 3. The molecule has 0 bridgehead atoms.